The lowest BCUT2D eigenvalue weighted by atomic mass is 9.95. The minimum Gasteiger partial charge on any atom is -0.497 e. The quantitative estimate of drug-likeness (QED) is 0.424. The van der Waals surface area contributed by atoms with Gasteiger partial charge in [0.25, 0.3) is 5.91 Å². The molecular formula is C30H35N3O3. The SMILES string of the molecule is COc1ccc(C2C(=O)N(C(CC(C)C)C(=O)Nc3c(C)cccc3C)N2Cc2ccccc2)cc1. The Balaban J connectivity index is 1.67. The minimum absolute atomic E-state index is 0.0709. The largest absolute Gasteiger partial charge is 0.497 e. The molecule has 1 saturated heterocycles. The monoisotopic (exact) mass is 485 g/mol. The molecule has 1 fully saturated rings. The molecule has 2 atom stereocenters. The van der Waals surface area contributed by atoms with Gasteiger partial charge in [0.05, 0.1) is 7.11 Å². The van der Waals surface area contributed by atoms with E-state index in [1.54, 1.807) is 12.1 Å². The van der Waals surface area contributed by atoms with Crippen molar-refractivity contribution in [3.63, 3.8) is 0 Å². The fourth-order valence-corrected chi connectivity index (χ4v) is 4.80. The number of hydrogen-bond acceptors (Lipinski definition) is 4. The molecule has 36 heavy (non-hydrogen) atoms. The summed E-state index contributed by atoms with van der Waals surface area (Å²) >= 11 is 0. The number of aryl methyl sites for hydroxylation is 2. The van der Waals surface area contributed by atoms with Crippen molar-refractivity contribution in [1.29, 1.82) is 0 Å². The summed E-state index contributed by atoms with van der Waals surface area (Å²) in [5, 5.41) is 6.83. The third-order valence-electron chi connectivity index (χ3n) is 6.68. The van der Waals surface area contributed by atoms with Crippen molar-refractivity contribution in [3.05, 3.63) is 95.1 Å². The van der Waals surface area contributed by atoms with Crippen LogP contribution in [-0.4, -0.2) is 35.0 Å². The highest BCUT2D eigenvalue weighted by molar-refractivity contribution is 6.00. The van der Waals surface area contributed by atoms with Crippen LogP contribution in [-0.2, 0) is 16.1 Å². The first kappa shape index (κ1) is 25.5. The molecule has 0 bridgehead atoms. The Morgan fingerprint density at radius 1 is 0.944 bits per heavy atom. The molecule has 0 saturated carbocycles. The van der Waals surface area contributed by atoms with Crippen LogP contribution in [0.15, 0.2) is 72.8 Å². The standard InChI is InChI=1S/C30H35N3O3/c1-20(2)18-26(29(34)31-27-21(3)10-9-11-22(27)4)33-30(35)28(24-14-16-25(36-5)17-15-24)32(33)19-23-12-7-6-8-13-23/h6-17,20,26,28H,18-19H2,1-5H3,(H,31,34). The second kappa shape index (κ2) is 11.0. The average molecular weight is 486 g/mol. The van der Waals surface area contributed by atoms with Gasteiger partial charge >= 0.3 is 0 Å². The average Bonchev–Trinajstić information content (AvgIpc) is 2.86. The van der Waals surface area contributed by atoms with Gasteiger partial charge in [0, 0.05) is 12.2 Å². The van der Waals surface area contributed by atoms with E-state index in [1.807, 2.05) is 91.7 Å². The van der Waals surface area contributed by atoms with Gasteiger partial charge in [-0.1, -0.05) is 74.5 Å². The van der Waals surface area contributed by atoms with E-state index in [2.05, 4.69) is 19.2 Å². The number of anilines is 1. The van der Waals surface area contributed by atoms with E-state index in [4.69, 9.17) is 4.74 Å². The van der Waals surface area contributed by atoms with Crippen LogP contribution in [0.25, 0.3) is 0 Å². The lowest BCUT2D eigenvalue weighted by molar-refractivity contribution is -0.210. The number of methoxy groups -OCH3 is 1. The van der Waals surface area contributed by atoms with Gasteiger partial charge in [-0.25, -0.2) is 0 Å². The molecular weight excluding hydrogens is 450 g/mol. The predicted octanol–water partition coefficient (Wildman–Crippen LogP) is 5.67. The number of nitrogens with one attached hydrogen (secondary N) is 1. The Morgan fingerprint density at radius 2 is 1.58 bits per heavy atom. The van der Waals surface area contributed by atoms with E-state index < -0.39 is 12.1 Å². The molecule has 1 N–H and O–H groups in total. The first-order valence-corrected chi connectivity index (χ1v) is 12.4. The van der Waals surface area contributed by atoms with Gasteiger partial charge in [0.1, 0.15) is 17.8 Å². The summed E-state index contributed by atoms with van der Waals surface area (Å²) in [6.07, 6.45) is 0.559. The molecule has 6 heteroatoms. The molecule has 2 unspecified atom stereocenters. The lowest BCUT2D eigenvalue weighted by Gasteiger charge is -2.53. The molecule has 1 aliphatic rings. The van der Waals surface area contributed by atoms with Crippen molar-refractivity contribution >= 4 is 17.5 Å². The van der Waals surface area contributed by atoms with Crippen molar-refractivity contribution in [2.75, 3.05) is 12.4 Å². The summed E-state index contributed by atoms with van der Waals surface area (Å²) in [7, 11) is 1.62. The van der Waals surface area contributed by atoms with Crippen LogP contribution >= 0.6 is 0 Å². The summed E-state index contributed by atoms with van der Waals surface area (Å²) in [6.45, 7) is 8.64. The van der Waals surface area contributed by atoms with Crippen LogP contribution in [0.1, 0.15) is 48.6 Å². The fourth-order valence-electron chi connectivity index (χ4n) is 4.80. The third kappa shape index (κ3) is 5.29. The maximum Gasteiger partial charge on any atom is 0.261 e. The lowest BCUT2D eigenvalue weighted by Crippen LogP contribution is -2.68. The van der Waals surface area contributed by atoms with Gasteiger partial charge in [0.2, 0.25) is 5.91 Å². The number of ether oxygens (including phenoxy) is 1. The summed E-state index contributed by atoms with van der Waals surface area (Å²) in [5.41, 5.74) is 4.77. The number of hydrogen-bond donors (Lipinski definition) is 1. The van der Waals surface area contributed by atoms with E-state index >= 15 is 0 Å². The highest BCUT2D eigenvalue weighted by Crippen LogP contribution is 2.39. The first-order valence-electron chi connectivity index (χ1n) is 12.4. The van der Waals surface area contributed by atoms with E-state index in [0.29, 0.717) is 13.0 Å². The molecule has 1 heterocycles. The van der Waals surface area contributed by atoms with Gasteiger partial charge in [-0.05, 0) is 60.6 Å². The zero-order chi connectivity index (χ0) is 25.8. The van der Waals surface area contributed by atoms with Gasteiger partial charge in [-0.15, -0.1) is 0 Å². The molecule has 0 spiro atoms. The fraction of sp³-hybridized carbons (Fsp3) is 0.333. The molecule has 4 rings (SSSR count). The zero-order valence-corrected chi connectivity index (χ0v) is 21.7. The van der Waals surface area contributed by atoms with Gasteiger partial charge < -0.3 is 10.1 Å². The second-order valence-electron chi connectivity index (χ2n) is 9.84. The second-order valence-corrected chi connectivity index (χ2v) is 9.84. The van der Waals surface area contributed by atoms with Crippen molar-refractivity contribution in [2.24, 2.45) is 5.92 Å². The number of amides is 2. The Hall–Kier alpha value is -3.64. The molecule has 0 aliphatic carbocycles. The summed E-state index contributed by atoms with van der Waals surface area (Å²) in [6, 6.07) is 22.5. The highest BCUT2D eigenvalue weighted by atomic mass is 16.5. The number of benzene rings is 3. The smallest absolute Gasteiger partial charge is 0.261 e. The zero-order valence-electron chi connectivity index (χ0n) is 21.7. The molecule has 0 radical (unpaired) electrons. The Bertz CT molecular complexity index is 1190. The number of hydrazine groups is 1. The summed E-state index contributed by atoms with van der Waals surface area (Å²) in [4.78, 5) is 27.4. The molecule has 3 aromatic rings. The Kier molecular flexibility index (Phi) is 7.75. The number of rotatable bonds is 9. The number of carbonyl (C=O) groups excluding carboxylic acids is 2. The topological polar surface area (TPSA) is 61.9 Å². The van der Waals surface area contributed by atoms with Crippen LogP contribution in [0, 0.1) is 19.8 Å². The van der Waals surface area contributed by atoms with Gasteiger partial charge in [-0.3, -0.25) is 14.6 Å². The highest BCUT2D eigenvalue weighted by Gasteiger charge is 2.51. The maximum absolute atomic E-state index is 13.7. The van der Waals surface area contributed by atoms with Crippen LogP contribution in [0.3, 0.4) is 0 Å². The number of carbonyl (C=O) groups is 2. The normalized spacial score (nSPS) is 16.6. The maximum atomic E-state index is 13.7. The van der Waals surface area contributed by atoms with Crippen LogP contribution in [0.4, 0.5) is 5.69 Å². The van der Waals surface area contributed by atoms with Crippen LogP contribution in [0.2, 0.25) is 0 Å². The summed E-state index contributed by atoms with van der Waals surface area (Å²) in [5.74, 6) is 0.729. The Morgan fingerprint density at radius 3 is 2.17 bits per heavy atom. The van der Waals surface area contributed by atoms with Crippen molar-refractivity contribution in [1.82, 2.24) is 10.0 Å². The van der Waals surface area contributed by atoms with Crippen molar-refractivity contribution < 1.29 is 14.3 Å². The molecule has 188 valence electrons. The minimum atomic E-state index is -0.616. The van der Waals surface area contributed by atoms with E-state index in [1.165, 1.54) is 0 Å². The van der Waals surface area contributed by atoms with E-state index in [-0.39, 0.29) is 17.7 Å². The van der Waals surface area contributed by atoms with Gasteiger partial charge in [0.15, 0.2) is 0 Å². The van der Waals surface area contributed by atoms with Crippen LogP contribution < -0.4 is 10.1 Å². The van der Waals surface area contributed by atoms with E-state index in [0.717, 1.165) is 33.7 Å². The Labute approximate surface area is 213 Å². The predicted molar refractivity (Wildman–Crippen MR) is 142 cm³/mol. The molecule has 0 aromatic heterocycles. The molecule has 1 aliphatic heterocycles. The third-order valence-corrected chi connectivity index (χ3v) is 6.68. The van der Waals surface area contributed by atoms with E-state index in [9.17, 15) is 9.59 Å². The molecule has 3 aromatic carbocycles. The van der Waals surface area contributed by atoms with Crippen LogP contribution in [0.5, 0.6) is 5.75 Å². The summed E-state index contributed by atoms with van der Waals surface area (Å²) < 4.78 is 5.30. The first-order chi connectivity index (χ1) is 17.3. The number of nitrogens with zero attached hydrogens (tertiary/aromatic N) is 2. The van der Waals surface area contributed by atoms with Crippen molar-refractivity contribution in [3.8, 4) is 5.75 Å². The molecule has 2 amide bonds. The molecule has 6 nitrogen and oxygen atoms in total. The van der Waals surface area contributed by atoms with Gasteiger partial charge in [-0.2, -0.15) is 5.01 Å². The van der Waals surface area contributed by atoms with Crippen molar-refractivity contribution in [2.45, 2.75) is 52.7 Å². The number of para-hydroxylation sites is 1.